The molecular formula is C17H37N8O4P. The molecule has 0 spiro atoms. The second-order valence-corrected chi connectivity index (χ2v) is 7.42. The monoisotopic (exact) mass is 448 g/mol. The van der Waals surface area contributed by atoms with Crippen molar-refractivity contribution < 1.29 is 18.5 Å². The van der Waals surface area contributed by atoms with Gasteiger partial charge in [0.1, 0.15) is 0 Å². The van der Waals surface area contributed by atoms with Gasteiger partial charge in [-0.05, 0) is 6.42 Å². The van der Waals surface area contributed by atoms with Crippen LogP contribution in [0, 0.1) is 0 Å². The summed E-state index contributed by atoms with van der Waals surface area (Å²) in [6.45, 7) is 10.3. The van der Waals surface area contributed by atoms with Gasteiger partial charge in [0.25, 0.3) is 0 Å². The summed E-state index contributed by atoms with van der Waals surface area (Å²) in [4.78, 5) is 24.9. The largest absolute Gasteiger partial charge is 0.451 e. The van der Waals surface area contributed by atoms with Crippen LogP contribution in [0.15, 0.2) is 17.5 Å². The van der Waals surface area contributed by atoms with Crippen LogP contribution in [0.25, 0.3) is 0 Å². The third kappa shape index (κ3) is 9.68. The predicted octanol–water partition coefficient (Wildman–Crippen LogP) is 0.744. The van der Waals surface area contributed by atoms with Gasteiger partial charge in [0.2, 0.25) is 11.9 Å². The molecule has 0 aromatic carbocycles. The van der Waals surface area contributed by atoms with Crippen molar-refractivity contribution >= 4 is 19.6 Å². The van der Waals surface area contributed by atoms with Crippen molar-refractivity contribution in [2.45, 2.75) is 46.6 Å². The number of imidazole rings is 1. The Kier molecular flexibility index (Phi) is 14.8. The van der Waals surface area contributed by atoms with Gasteiger partial charge >= 0.3 is 7.75 Å². The van der Waals surface area contributed by atoms with Gasteiger partial charge in [-0.15, -0.1) is 0 Å². The van der Waals surface area contributed by atoms with Crippen molar-refractivity contribution in [2.75, 3.05) is 33.3 Å². The van der Waals surface area contributed by atoms with E-state index >= 15 is 0 Å². The Morgan fingerprint density at radius 3 is 2.67 bits per heavy atom. The van der Waals surface area contributed by atoms with Gasteiger partial charge in [-0.2, -0.15) is 0 Å². The molecule has 0 radical (unpaired) electrons. The quantitative estimate of drug-likeness (QED) is 0.196. The van der Waals surface area contributed by atoms with E-state index < -0.39 is 13.8 Å². The molecule has 1 aromatic rings. The summed E-state index contributed by atoms with van der Waals surface area (Å²) in [5.41, 5.74) is 6.67. The molecule has 1 amide bonds. The van der Waals surface area contributed by atoms with Crippen molar-refractivity contribution in [1.29, 1.82) is 0 Å². The maximum atomic E-state index is 12.0. The third-order valence-corrected chi connectivity index (χ3v) is 5.01. The minimum atomic E-state index is -3.60. The first-order valence-electron chi connectivity index (χ1n) is 10.1. The Hall–Kier alpha value is -1.98. The number of nitrogens with zero attached hydrogens (tertiary/aromatic N) is 3. The van der Waals surface area contributed by atoms with Gasteiger partial charge in [0.05, 0.1) is 18.9 Å². The summed E-state index contributed by atoms with van der Waals surface area (Å²) >= 11 is 0. The second kappa shape index (κ2) is 15.8. The van der Waals surface area contributed by atoms with Crippen molar-refractivity contribution in [3.8, 4) is 0 Å². The molecule has 7 N–H and O–H groups in total. The topological polar surface area (TPSA) is 173 Å². The Morgan fingerprint density at radius 2 is 2.10 bits per heavy atom. The minimum absolute atomic E-state index is 0.228. The van der Waals surface area contributed by atoms with Gasteiger partial charge in [-0.1, -0.05) is 27.7 Å². The molecule has 0 fully saturated rings. The van der Waals surface area contributed by atoms with Crippen LogP contribution >= 0.6 is 7.75 Å². The molecule has 2 atom stereocenters. The van der Waals surface area contributed by atoms with Gasteiger partial charge in [0, 0.05) is 45.1 Å². The number of aliphatic imine (C=N–C) groups is 1. The van der Waals surface area contributed by atoms with E-state index in [1.807, 2.05) is 32.6 Å². The highest BCUT2D eigenvalue weighted by atomic mass is 31.2. The Labute approximate surface area is 178 Å². The number of H-pyrrole nitrogens is 1. The number of carbonyl (C=O) groups excluding carboxylic acids is 1. The van der Waals surface area contributed by atoms with E-state index in [4.69, 9.17) is 16.2 Å². The number of aromatic nitrogens is 2. The Morgan fingerprint density at radius 1 is 1.40 bits per heavy atom. The Bertz CT molecular complexity index is 648. The molecule has 0 saturated heterocycles. The number of nitrogens with one attached hydrogen (secondary N) is 3. The lowest BCUT2D eigenvalue weighted by Gasteiger charge is -2.23. The minimum Gasteiger partial charge on any atom is -0.355 e. The number of aromatic amines is 1. The van der Waals surface area contributed by atoms with Crippen LogP contribution in [0.2, 0.25) is 0 Å². The van der Waals surface area contributed by atoms with E-state index in [-0.39, 0.29) is 5.91 Å². The van der Waals surface area contributed by atoms with Crippen LogP contribution in [0.3, 0.4) is 0 Å². The van der Waals surface area contributed by atoms with Crippen LogP contribution in [0.1, 0.15) is 39.8 Å². The van der Waals surface area contributed by atoms with Crippen LogP contribution in [0.4, 0.5) is 0 Å². The summed E-state index contributed by atoms with van der Waals surface area (Å²) in [6, 6.07) is -0.643. The molecule has 0 bridgehead atoms. The summed E-state index contributed by atoms with van der Waals surface area (Å²) in [5.74, 6) is 5.15. The molecule has 174 valence electrons. The fraction of sp³-hybridized carbons (Fsp3) is 0.706. The molecule has 1 aliphatic rings. The molecule has 1 aromatic heterocycles. The number of amides is 1. The highest BCUT2D eigenvalue weighted by Crippen LogP contribution is 2.40. The smallest absolute Gasteiger partial charge is 0.355 e. The third-order valence-electron chi connectivity index (χ3n) is 3.78. The lowest BCUT2D eigenvalue weighted by molar-refractivity contribution is -0.122. The molecular weight excluding hydrogens is 411 g/mol. The zero-order valence-corrected chi connectivity index (χ0v) is 19.4. The van der Waals surface area contributed by atoms with E-state index in [1.54, 1.807) is 12.5 Å². The molecule has 0 aliphatic carbocycles. The standard InChI is InChI=1S/C13H25N8O4P.2C2H6/c1-24-26(23,25-15)20-13-18-4-6-21(13)5-2-3-17-12(22)11(14)7-10-8-16-9-19-10;2*1-2/h8-9,11H,2-7,14-15H2,1H3,(H,16,19)(H,17,22)(H,18,20,23);2*1-2H3. The number of hydrogen-bond acceptors (Lipinski definition) is 9. The van der Waals surface area contributed by atoms with Gasteiger partial charge in [-0.25, -0.2) is 20.1 Å². The van der Waals surface area contributed by atoms with Gasteiger partial charge in [-0.3, -0.25) is 19.4 Å². The molecule has 0 saturated carbocycles. The summed E-state index contributed by atoms with van der Waals surface area (Å²) < 4.78 is 21.1. The van der Waals surface area contributed by atoms with Crippen molar-refractivity contribution in [3.05, 3.63) is 18.2 Å². The first-order chi connectivity index (χ1) is 14.5. The molecule has 13 heteroatoms. The van der Waals surface area contributed by atoms with Crippen molar-refractivity contribution in [2.24, 2.45) is 16.6 Å². The van der Waals surface area contributed by atoms with E-state index in [0.29, 0.717) is 45.0 Å². The number of hydrogen-bond donors (Lipinski definition) is 5. The molecule has 30 heavy (non-hydrogen) atoms. The lowest BCUT2D eigenvalue weighted by Crippen LogP contribution is -2.43. The number of nitrogens with two attached hydrogens (primary N) is 2. The zero-order valence-electron chi connectivity index (χ0n) is 18.6. The molecule has 12 nitrogen and oxygen atoms in total. The van der Waals surface area contributed by atoms with Crippen LogP contribution in [0.5, 0.6) is 0 Å². The fourth-order valence-electron chi connectivity index (χ4n) is 2.38. The number of guanidine groups is 1. The highest BCUT2D eigenvalue weighted by molar-refractivity contribution is 7.52. The average molecular weight is 449 g/mol. The van der Waals surface area contributed by atoms with Crippen LogP contribution < -0.4 is 22.0 Å². The predicted molar refractivity (Wildman–Crippen MR) is 117 cm³/mol. The first-order valence-corrected chi connectivity index (χ1v) is 11.6. The normalized spacial score (nSPS) is 15.6. The average Bonchev–Trinajstić information content (AvgIpc) is 3.46. The van der Waals surface area contributed by atoms with Gasteiger partial charge in [0.15, 0.2) is 0 Å². The summed E-state index contributed by atoms with van der Waals surface area (Å²) in [5, 5.41) is 5.37. The Balaban J connectivity index is 0.00000198. The van der Waals surface area contributed by atoms with E-state index in [2.05, 4.69) is 30.0 Å². The lowest BCUT2D eigenvalue weighted by atomic mass is 10.1. The van der Waals surface area contributed by atoms with Crippen LogP contribution in [-0.2, 0) is 24.9 Å². The summed E-state index contributed by atoms with van der Waals surface area (Å²) in [6.07, 6.45) is 4.23. The van der Waals surface area contributed by atoms with E-state index in [1.165, 1.54) is 7.11 Å². The van der Waals surface area contributed by atoms with E-state index in [9.17, 15) is 9.36 Å². The van der Waals surface area contributed by atoms with Crippen molar-refractivity contribution in [1.82, 2.24) is 25.3 Å². The zero-order chi connectivity index (χ0) is 23.0. The fourth-order valence-corrected chi connectivity index (χ4v) is 3.07. The maximum Gasteiger partial charge on any atom is 0.451 e. The summed E-state index contributed by atoms with van der Waals surface area (Å²) in [7, 11) is -2.38. The molecule has 2 unspecified atom stereocenters. The van der Waals surface area contributed by atoms with Crippen LogP contribution in [-0.4, -0.2) is 66.1 Å². The molecule has 1 aliphatic heterocycles. The SMILES string of the molecule is CC.CC.COP(=O)(NC1=NCCN1CCCNC(=O)C(N)Cc1cnc[nH]1)ON. The second-order valence-electron chi connectivity index (χ2n) is 5.62. The molecule has 2 heterocycles. The highest BCUT2D eigenvalue weighted by Gasteiger charge is 2.28. The first kappa shape index (κ1) is 28.0. The number of carbonyl (C=O) groups is 1. The van der Waals surface area contributed by atoms with Gasteiger partial charge < -0.3 is 20.9 Å². The van der Waals surface area contributed by atoms with Crippen molar-refractivity contribution in [3.63, 3.8) is 0 Å². The maximum absolute atomic E-state index is 12.0. The molecule has 2 rings (SSSR count). The van der Waals surface area contributed by atoms with E-state index in [0.717, 1.165) is 5.69 Å². The number of rotatable bonds is 10.